The van der Waals surface area contributed by atoms with Crippen molar-refractivity contribution in [3.8, 4) is 0 Å². The maximum Gasteiger partial charge on any atom is 0.0129 e. The molecule has 1 heterocycles. The SMILES string of the molecule is CC[C@@]1(c2ccccc2)CC[C@@H](c2ccccc2)P1. The lowest BCUT2D eigenvalue weighted by Gasteiger charge is -2.29. The van der Waals surface area contributed by atoms with Gasteiger partial charge in [-0.1, -0.05) is 67.6 Å². The van der Waals surface area contributed by atoms with Crippen molar-refractivity contribution in [3.63, 3.8) is 0 Å². The monoisotopic (exact) mass is 268 g/mol. The second-order valence-corrected chi connectivity index (χ2v) is 7.39. The molecular formula is C18H21P. The molecule has 1 fully saturated rings. The van der Waals surface area contributed by atoms with Crippen LogP contribution >= 0.6 is 8.58 Å². The lowest BCUT2D eigenvalue weighted by atomic mass is 9.90. The quantitative estimate of drug-likeness (QED) is 0.644. The zero-order chi connectivity index (χ0) is 13.1. The summed E-state index contributed by atoms with van der Waals surface area (Å²) in [5.74, 6) is 0. The van der Waals surface area contributed by atoms with Gasteiger partial charge in [-0.2, -0.15) is 0 Å². The average molecular weight is 268 g/mol. The fourth-order valence-electron chi connectivity index (χ4n) is 3.27. The molecule has 0 aromatic heterocycles. The van der Waals surface area contributed by atoms with Gasteiger partial charge in [0.05, 0.1) is 0 Å². The van der Waals surface area contributed by atoms with Crippen molar-refractivity contribution in [1.82, 2.24) is 0 Å². The molecule has 0 radical (unpaired) electrons. The van der Waals surface area contributed by atoms with Crippen molar-refractivity contribution >= 4 is 8.58 Å². The Labute approximate surface area is 118 Å². The summed E-state index contributed by atoms with van der Waals surface area (Å²) in [5.41, 5.74) is 3.85. The van der Waals surface area contributed by atoms with Crippen LogP contribution in [0.5, 0.6) is 0 Å². The number of benzene rings is 2. The molecule has 0 bridgehead atoms. The van der Waals surface area contributed by atoms with E-state index in [1.54, 1.807) is 5.56 Å². The second kappa shape index (κ2) is 5.47. The van der Waals surface area contributed by atoms with E-state index in [1.165, 1.54) is 24.8 Å². The van der Waals surface area contributed by atoms with Gasteiger partial charge in [0.1, 0.15) is 0 Å². The van der Waals surface area contributed by atoms with E-state index in [0.29, 0.717) is 5.16 Å². The minimum absolute atomic E-state index is 0.432. The van der Waals surface area contributed by atoms with Crippen molar-refractivity contribution in [1.29, 1.82) is 0 Å². The Morgan fingerprint density at radius 3 is 2.26 bits per heavy atom. The highest BCUT2D eigenvalue weighted by atomic mass is 31.1. The van der Waals surface area contributed by atoms with Crippen molar-refractivity contribution < 1.29 is 0 Å². The van der Waals surface area contributed by atoms with Gasteiger partial charge in [-0.15, -0.1) is 8.58 Å². The molecule has 1 aliphatic rings. The molecule has 1 saturated heterocycles. The van der Waals surface area contributed by atoms with Crippen LogP contribution in [0.4, 0.5) is 0 Å². The van der Waals surface area contributed by atoms with E-state index in [2.05, 4.69) is 67.6 Å². The molecule has 0 nitrogen and oxygen atoms in total. The van der Waals surface area contributed by atoms with Crippen LogP contribution in [0.15, 0.2) is 60.7 Å². The normalized spacial score (nSPS) is 27.7. The summed E-state index contributed by atoms with van der Waals surface area (Å²) in [6.07, 6.45) is 3.94. The van der Waals surface area contributed by atoms with Gasteiger partial charge < -0.3 is 0 Å². The number of rotatable bonds is 3. The first-order valence-electron chi connectivity index (χ1n) is 7.22. The van der Waals surface area contributed by atoms with Crippen molar-refractivity contribution in [2.24, 2.45) is 0 Å². The Kier molecular flexibility index (Phi) is 3.71. The van der Waals surface area contributed by atoms with Crippen molar-refractivity contribution in [3.05, 3.63) is 71.8 Å². The summed E-state index contributed by atoms with van der Waals surface area (Å²) >= 11 is 0. The summed E-state index contributed by atoms with van der Waals surface area (Å²) in [5, 5.41) is 0.432. The van der Waals surface area contributed by atoms with E-state index >= 15 is 0 Å². The van der Waals surface area contributed by atoms with E-state index in [4.69, 9.17) is 0 Å². The molecule has 0 saturated carbocycles. The molecule has 3 atom stereocenters. The van der Waals surface area contributed by atoms with Gasteiger partial charge in [0.15, 0.2) is 0 Å². The maximum absolute atomic E-state index is 2.35. The summed E-state index contributed by atoms with van der Waals surface area (Å²) < 4.78 is 0. The molecule has 0 N–H and O–H groups in total. The van der Waals surface area contributed by atoms with Crippen LogP contribution in [0.25, 0.3) is 0 Å². The molecule has 19 heavy (non-hydrogen) atoms. The topological polar surface area (TPSA) is 0 Å². The lowest BCUT2D eigenvalue weighted by Crippen LogP contribution is -2.15. The molecule has 98 valence electrons. The van der Waals surface area contributed by atoms with E-state index in [0.717, 1.165) is 14.2 Å². The zero-order valence-corrected chi connectivity index (χ0v) is 12.5. The molecule has 2 aromatic rings. The molecule has 1 heteroatoms. The Balaban J connectivity index is 1.87. The molecule has 0 amide bonds. The Bertz CT molecular complexity index is 520. The van der Waals surface area contributed by atoms with Crippen LogP contribution in [0.1, 0.15) is 43.0 Å². The van der Waals surface area contributed by atoms with E-state index in [-0.39, 0.29) is 0 Å². The molecule has 1 aliphatic heterocycles. The van der Waals surface area contributed by atoms with Gasteiger partial charge in [-0.05, 0) is 30.4 Å². The summed E-state index contributed by atoms with van der Waals surface area (Å²) in [6, 6.07) is 22.2. The third-order valence-electron chi connectivity index (χ3n) is 4.44. The van der Waals surface area contributed by atoms with E-state index < -0.39 is 0 Å². The van der Waals surface area contributed by atoms with E-state index in [1.807, 2.05) is 0 Å². The molecule has 0 aliphatic carbocycles. The third kappa shape index (κ3) is 2.47. The highest BCUT2D eigenvalue weighted by Crippen LogP contribution is 2.63. The lowest BCUT2D eigenvalue weighted by molar-refractivity contribution is 0.557. The first-order chi connectivity index (χ1) is 9.34. The van der Waals surface area contributed by atoms with Crippen LogP contribution in [0.2, 0.25) is 0 Å². The summed E-state index contributed by atoms with van der Waals surface area (Å²) in [4.78, 5) is 0. The standard InChI is InChI=1S/C18H21P/c1-2-18(16-11-7-4-8-12-16)14-13-17(19-18)15-9-5-3-6-10-15/h3-12,17,19H,2,13-14H2,1H3/t17-,18-/m0/s1. The molecular weight excluding hydrogens is 247 g/mol. The highest BCUT2D eigenvalue weighted by molar-refractivity contribution is 7.40. The Morgan fingerprint density at radius 1 is 1.00 bits per heavy atom. The van der Waals surface area contributed by atoms with Crippen LogP contribution < -0.4 is 0 Å². The molecule has 2 aromatic carbocycles. The van der Waals surface area contributed by atoms with Crippen LogP contribution in [0.3, 0.4) is 0 Å². The van der Waals surface area contributed by atoms with Crippen molar-refractivity contribution in [2.75, 3.05) is 0 Å². The molecule has 1 unspecified atom stereocenters. The fourth-order valence-corrected chi connectivity index (χ4v) is 5.41. The zero-order valence-electron chi connectivity index (χ0n) is 11.5. The number of hydrogen-bond donors (Lipinski definition) is 0. The first-order valence-corrected chi connectivity index (χ1v) is 8.30. The summed E-state index contributed by atoms with van der Waals surface area (Å²) in [7, 11) is 1.02. The predicted molar refractivity (Wildman–Crippen MR) is 85.1 cm³/mol. The largest absolute Gasteiger partial charge is 0.103 e. The summed E-state index contributed by atoms with van der Waals surface area (Å²) in [6.45, 7) is 2.35. The first kappa shape index (κ1) is 12.9. The second-order valence-electron chi connectivity index (χ2n) is 5.45. The van der Waals surface area contributed by atoms with Gasteiger partial charge in [0.2, 0.25) is 0 Å². The third-order valence-corrected chi connectivity index (χ3v) is 6.86. The molecule has 0 spiro atoms. The highest BCUT2D eigenvalue weighted by Gasteiger charge is 2.39. The van der Waals surface area contributed by atoms with Gasteiger partial charge in [0.25, 0.3) is 0 Å². The smallest absolute Gasteiger partial charge is 0.0129 e. The Morgan fingerprint density at radius 2 is 1.63 bits per heavy atom. The van der Waals surface area contributed by atoms with Crippen molar-refractivity contribution in [2.45, 2.75) is 37.0 Å². The van der Waals surface area contributed by atoms with E-state index in [9.17, 15) is 0 Å². The van der Waals surface area contributed by atoms with Crippen LogP contribution in [0, 0.1) is 0 Å². The average Bonchev–Trinajstić information content (AvgIpc) is 2.95. The van der Waals surface area contributed by atoms with Crippen LogP contribution in [-0.4, -0.2) is 0 Å². The fraction of sp³-hybridized carbons (Fsp3) is 0.333. The Hall–Kier alpha value is -1.13. The molecule has 3 rings (SSSR count). The van der Waals surface area contributed by atoms with Gasteiger partial charge in [-0.3, -0.25) is 0 Å². The minimum atomic E-state index is 0.432. The number of hydrogen-bond acceptors (Lipinski definition) is 0. The van der Waals surface area contributed by atoms with Crippen LogP contribution in [-0.2, 0) is 5.16 Å². The minimum Gasteiger partial charge on any atom is -0.103 e. The van der Waals surface area contributed by atoms with Gasteiger partial charge in [0, 0.05) is 10.8 Å². The predicted octanol–water partition coefficient (Wildman–Crippen LogP) is 5.51. The van der Waals surface area contributed by atoms with Gasteiger partial charge >= 0.3 is 0 Å². The maximum atomic E-state index is 2.35. The van der Waals surface area contributed by atoms with Gasteiger partial charge in [-0.25, -0.2) is 0 Å².